The molecule has 0 N–H and O–H groups in total. The number of aromatic nitrogens is 4. The van der Waals surface area contributed by atoms with Crippen LogP contribution in [0.1, 0.15) is 37.4 Å². The second kappa shape index (κ2) is 5.44. The number of nitrogens with zero attached hydrogens (tertiary/aromatic N) is 4. The van der Waals surface area contributed by atoms with E-state index < -0.39 is 17.2 Å². The van der Waals surface area contributed by atoms with Crippen molar-refractivity contribution in [2.75, 3.05) is 0 Å². The van der Waals surface area contributed by atoms with E-state index in [1.807, 2.05) is 6.92 Å². The third kappa shape index (κ3) is 2.19. The van der Waals surface area contributed by atoms with Gasteiger partial charge in [0.1, 0.15) is 0 Å². The van der Waals surface area contributed by atoms with E-state index in [4.69, 9.17) is 0 Å². The molecule has 0 unspecified atom stereocenters. The molecule has 0 radical (unpaired) electrons. The molecule has 2 heterocycles. The number of hydrogen-bond donors (Lipinski definition) is 0. The molecule has 0 aliphatic carbocycles. The van der Waals surface area contributed by atoms with Crippen LogP contribution in [-0.4, -0.2) is 24.6 Å². The zero-order chi connectivity index (χ0) is 14.9. The van der Waals surface area contributed by atoms with E-state index in [1.165, 1.54) is 22.5 Å². The Morgan fingerprint density at radius 3 is 2.60 bits per heavy atom. The van der Waals surface area contributed by atoms with Crippen molar-refractivity contribution in [1.29, 1.82) is 0 Å². The van der Waals surface area contributed by atoms with Gasteiger partial charge in [-0.15, -0.1) is 0 Å². The molecular formula is C13H18N4O3. The van der Waals surface area contributed by atoms with Gasteiger partial charge in [-0.3, -0.25) is 14.2 Å². The summed E-state index contributed by atoms with van der Waals surface area (Å²) in [5.74, 6) is -0.452. The third-order valence-electron chi connectivity index (χ3n) is 3.36. The lowest BCUT2D eigenvalue weighted by atomic mass is 10.2. The molecule has 0 spiro atoms. The van der Waals surface area contributed by atoms with Crippen molar-refractivity contribution in [3.05, 3.63) is 27.2 Å². The quantitative estimate of drug-likeness (QED) is 0.769. The molecule has 0 atom stereocenters. The molecule has 2 aromatic rings. The van der Waals surface area contributed by atoms with Gasteiger partial charge in [-0.05, 0) is 6.42 Å². The monoisotopic (exact) mass is 278 g/mol. The largest absolute Gasteiger partial charge is 0.339 e. The number of aryl methyl sites for hydroxylation is 2. The van der Waals surface area contributed by atoms with Crippen LogP contribution < -0.4 is 11.2 Å². The van der Waals surface area contributed by atoms with Crippen LogP contribution in [0.4, 0.5) is 0 Å². The standard InChI is InChI=1S/C13H18N4O3/c1-4-5-6-7-9(18)17-12(19)10-11(14-8-15(10)2)16(3)13(17)20/h8H,4-7H2,1-3H3. The minimum Gasteiger partial charge on any atom is -0.328 e. The van der Waals surface area contributed by atoms with Crippen molar-refractivity contribution in [2.24, 2.45) is 14.1 Å². The van der Waals surface area contributed by atoms with Crippen molar-refractivity contribution >= 4 is 17.1 Å². The molecule has 7 heteroatoms. The molecule has 0 aliphatic heterocycles. The number of imidazole rings is 1. The fourth-order valence-corrected chi connectivity index (χ4v) is 2.20. The second-order valence-corrected chi connectivity index (χ2v) is 4.86. The highest BCUT2D eigenvalue weighted by atomic mass is 16.2. The highest BCUT2D eigenvalue weighted by Crippen LogP contribution is 2.04. The maximum atomic E-state index is 12.3. The van der Waals surface area contributed by atoms with Crippen LogP contribution in [-0.2, 0) is 14.1 Å². The normalized spacial score (nSPS) is 11.2. The summed E-state index contributed by atoms with van der Waals surface area (Å²) in [7, 11) is 3.17. The molecule has 7 nitrogen and oxygen atoms in total. The molecule has 2 aromatic heterocycles. The van der Waals surface area contributed by atoms with E-state index in [9.17, 15) is 14.4 Å². The van der Waals surface area contributed by atoms with Crippen molar-refractivity contribution in [3.8, 4) is 0 Å². The molecule has 0 aliphatic rings. The van der Waals surface area contributed by atoms with E-state index in [0.29, 0.717) is 12.1 Å². The molecule has 108 valence electrons. The second-order valence-electron chi connectivity index (χ2n) is 4.86. The SMILES string of the molecule is CCCCCC(=O)n1c(=O)c2c(ncn2C)n(C)c1=O. The van der Waals surface area contributed by atoms with Crippen molar-refractivity contribution in [2.45, 2.75) is 32.6 Å². The van der Waals surface area contributed by atoms with Gasteiger partial charge in [0, 0.05) is 20.5 Å². The van der Waals surface area contributed by atoms with Crippen LogP contribution in [0.3, 0.4) is 0 Å². The van der Waals surface area contributed by atoms with E-state index in [-0.39, 0.29) is 11.9 Å². The number of hydrogen-bond acceptors (Lipinski definition) is 4. The average Bonchev–Trinajstić information content (AvgIpc) is 2.79. The zero-order valence-electron chi connectivity index (χ0n) is 11.9. The number of carbonyl (C=O) groups is 1. The summed E-state index contributed by atoms with van der Waals surface area (Å²) in [5, 5.41) is 0. The Labute approximate surface area is 115 Å². The summed E-state index contributed by atoms with van der Waals surface area (Å²) in [4.78, 5) is 40.6. The summed E-state index contributed by atoms with van der Waals surface area (Å²) >= 11 is 0. The van der Waals surface area contributed by atoms with Crippen LogP contribution in [0.5, 0.6) is 0 Å². The molecule has 0 fully saturated rings. The van der Waals surface area contributed by atoms with Gasteiger partial charge in [0.25, 0.3) is 5.56 Å². The Hall–Kier alpha value is -2.18. The fraction of sp³-hybridized carbons (Fsp3) is 0.538. The minimum atomic E-state index is -0.636. The summed E-state index contributed by atoms with van der Waals surface area (Å²) in [6, 6.07) is 0. The molecule has 0 saturated carbocycles. The van der Waals surface area contributed by atoms with Gasteiger partial charge in [-0.1, -0.05) is 19.8 Å². The fourth-order valence-electron chi connectivity index (χ4n) is 2.20. The summed E-state index contributed by atoms with van der Waals surface area (Å²) in [6.45, 7) is 2.03. The van der Waals surface area contributed by atoms with E-state index in [1.54, 1.807) is 7.05 Å². The van der Waals surface area contributed by atoms with Gasteiger partial charge in [-0.25, -0.2) is 9.78 Å². The van der Waals surface area contributed by atoms with Crippen molar-refractivity contribution in [1.82, 2.24) is 18.7 Å². The zero-order valence-corrected chi connectivity index (χ0v) is 11.9. The predicted molar refractivity (Wildman–Crippen MR) is 75.0 cm³/mol. The first-order valence-electron chi connectivity index (χ1n) is 6.65. The Morgan fingerprint density at radius 1 is 1.25 bits per heavy atom. The van der Waals surface area contributed by atoms with Crippen LogP contribution >= 0.6 is 0 Å². The Balaban J connectivity index is 2.59. The lowest BCUT2D eigenvalue weighted by molar-refractivity contribution is 0.0888. The number of carbonyl (C=O) groups excluding carboxylic acids is 1. The van der Waals surface area contributed by atoms with Crippen LogP contribution in [0.25, 0.3) is 11.2 Å². The molecule has 0 aromatic carbocycles. The predicted octanol–water partition coefficient (Wildman–Crippen LogP) is 0.654. The number of unbranched alkanes of at least 4 members (excludes halogenated alkanes) is 2. The van der Waals surface area contributed by atoms with E-state index in [0.717, 1.165) is 17.4 Å². The first-order valence-corrected chi connectivity index (χ1v) is 6.65. The topological polar surface area (TPSA) is 78.9 Å². The van der Waals surface area contributed by atoms with Crippen molar-refractivity contribution in [3.63, 3.8) is 0 Å². The van der Waals surface area contributed by atoms with Gasteiger partial charge >= 0.3 is 5.69 Å². The lowest BCUT2D eigenvalue weighted by Crippen LogP contribution is -2.43. The smallest absolute Gasteiger partial charge is 0.328 e. The van der Waals surface area contributed by atoms with Gasteiger partial charge in [0.05, 0.1) is 6.33 Å². The first kappa shape index (κ1) is 14.2. The highest BCUT2D eigenvalue weighted by Gasteiger charge is 2.18. The Morgan fingerprint density at radius 2 is 1.95 bits per heavy atom. The van der Waals surface area contributed by atoms with Gasteiger partial charge in [0.15, 0.2) is 11.2 Å². The number of rotatable bonds is 4. The van der Waals surface area contributed by atoms with Gasteiger partial charge in [0.2, 0.25) is 5.91 Å². The maximum absolute atomic E-state index is 12.3. The molecule has 0 bridgehead atoms. The van der Waals surface area contributed by atoms with Crippen LogP contribution in [0, 0.1) is 0 Å². The van der Waals surface area contributed by atoms with Crippen LogP contribution in [0.15, 0.2) is 15.9 Å². The van der Waals surface area contributed by atoms with E-state index >= 15 is 0 Å². The third-order valence-corrected chi connectivity index (χ3v) is 3.36. The Bertz CT molecular complexity index is 766. The molecule has 20 heavy (non-hydrogen) atoms. The number of fused-ring (bicyclic) bond motifs is 1. The van der Waals surface area contributed by atoms with E-state index in [2.05, 4.69) is 4.98 Å². The lowest BCUT2D eigenvalue weighted by Gasteiger charge is -2.07. The van der Waals surface area contributed by atoms with Gasteiger partial charge in [-0.2, -0.15) is 4.57 Å². The molecule has 2 rings (SSSR count). The highest BCUT2D eigenvalue weighted by molar-refractivity contribution is 5.81. The summed E-state index contributed by atoms with van der Waals surface area (Å²) < 4.78 is 3.47. The first-order chi connectivity index (χ1) is 9.49. The molecule has 0 saturated heterocycles. The van der Waals surface area contributed by atoms with Crippen LogP contribution in [0.2, 0.25) is 0 Å². The Kier molecular flexibility index (Phi) is 3.87. The minimum absolute atomic E-state index is 0.201. The van der Waals surface area contributed by atoms with Crippen molar-refractivity contribution < 1.29 is 4.79 Å². The average molecular weight is 278 g/mol. The summed E-state index contributed by atoms with van der Waals surface area (Å²) in [6.07, 6.45) is 4.20. The molecular weight excluding hydrogens is 260 g/mol. The molecule has 0 amide bonds. The maximum Gasteiger partial charge on any atom is 0.339 e. The van der Waals surface area contributed by atoms with Gasteiger partial charge < -0.3 is 4.57 Å². The summed E-state index contributed by atoms with van der Waals surface area (Å²) in [5.41, 5.74) is -0.677.